The maximum absolute atomic E-state index is 13.1. The molecule has 124 valence electrons. The molecular weight excluding hydrogens is 311 g/mol. The molecule has 0 bridgehead atoms. The van der Waals surface area contributed by atoms with Crippen LogP contribution in [0.3, 0.4) is 0 Å². The van der Waals surface area contributed by atoms with E-state index in [9.17, 15) is 14.0 Å². The van der Waals surface area contributed by atoms with Crippen LogP contribution in [0.15, 0.2) is 54.6 Å². The van der Waals surface area contributed by atoms with E-state index >= 15 is 0 Å². The number of amides is 3. The number of para-hydroxylation sites is 1. The maximum Gasteiger partial charge on any atom is 0.325 e. The van der Waals surface area contributed by atoms with Gasteiger partial charge >= 0.3 is 6.03 Å². The molecule has 5 nitrogen and oxygen atoms in total. The summed E-state index contributed by atoms with van der Waals surface area (Å²) in [5.41, 5.74) is -0.661. The van der Waals surface area contributed by atoms with Crippen molar-refractivity contribution >= 4 is 11.9 Å². The lowest BCUT2D eigenvalue weighted by molar-refractivity contribution is -0.131. The number of ether oxygens (including phenoxy) is 1. The number of hydrogen-bond donors (Lipinski definition) is 1. The highest BCUT2D eigenvalue weighted by molar-refractivity contribution is 6.07. The minimum atomic E-state index is -1.20. The first-order chi connectivity index (χ1) is 11.5. The van der Waals surface area contributed by atoms with Crippen LogP contribution in [0.5, 0.6) is 5.75 Å². The molecule has 1 N–H and O–H groups in total. The second kappa shape index (κ2) is 6.31. The summed E-state index contributed by atoms with van der Waals surface area (Å²) in [6.07, 6.45) is 0. The molecule has 0 saturated carbocycles. The second-order valence-corrected chi connectivity index (χ2v) is 5.68. The number of nitrogens with one attached hydrogen (secondary N) is 1. The number of rotatable bonds is 5. The molecule has 1 heterocycles. The van der Waals surface area contributed by atoms with E-state index < -0.39 is 17.4 Å². The summed E-state index contributed by atoms with van der Waals surface area (Å²) >= 11 is 0. The van der Waals surface area contributed by atoms with Gasteiger partial charge in [0.25, 0.3) is 5.91 Å². The number of urea groups is 1. The lowest BCUT2D eigenvalue weighted by Gasteiger charge is -2.22. The van der Waals surface area contributed by atoms with Crippen LogP contribution in [0, 0.1) is 5.82 Å². The van der Waals surface area contributed by atoms with E-state index in [0.717, 1.165) is 4.90 Å². The molecule has 2 aromatic carbocycles. The third-order valence-corrected chi connectivity index (χ3v) is 4.02. The molecule has 1 aliphatic heterocycles. The standard InChI is InChI=1S/C18H17FN2O3/c1-18(13-7-9-14(19)10-8-13)16(22)21(17(23)20-18)11-12-24-15-5-3-2-4-6-15/h2-10H,11-12H2,1H3,(H,20,23)/t18-/m1/s1. The number of imide groups is 1. The van der Waals surface area contributed by atoms with Gasteiger partial charge in [-0.05, 0) is 36.8 Å². The van der Waals surface area contributed by atoms with Crippen LogP contribution in [0.2, 0.25) is 0 Å². The minimum absolute atomic E-state index is 0.135. The Morgan fingerprint density at radius 3 is 2.42 bits per heavy atom. The van der Waals surface area contributed by atoms with Gasteiger partial charge in [-0.1, -0.05) is 30.3 Å². The van der Waals surface area contributed by atoms with Crippen molar-refractivity contribution in [1.82, 2.24) is 10.2 Å². The molecule has 1 aliphatic rings. The third-order valence-electron chi connectivity index (χ3n) is 4.02. The van der Waals surface area contributed by atoms with Gasteiger partial charge in [-0.25, -0.2) is 9.18 Å². The minimum Gasteiger partial charge on any atom is -0.492 e. The van der Waals surface area contributed by atoms with Gasteiger partial charge in [-0.3, -0.25) is 9.69 Å². The zero-order valence-corrected chi connectivity index (χ0v) is 13.2. The molecule has 0 spiro atoms. The Bertz CT molecular complexity index is 749. The average molecular weight is 328 g/mol. The molecule has 0 radical (unpaired) electrons. The van der Waals surface area contributed by atoms with Crippen molar-refractivity contribution in [1.29, 1.82) is 0 Å². The van der Waals surface area contributed by atoms with Crippen LogP contribution in [-0.4, -0.2) is 30.0 Å². The molecular formula is C18H17FN2O3. The Balaban J connectivity index is 1.68. The second-order valence-electron chi connectivity index (χ2n) is 5.68. The largest absolute Gasteiger partial charge is 0.492 e. The van der Waals surface area contributed by atoms with E-state index in [2.05, 4.69) is 5.32 Å². The average Bonchev–Trinajstić information content (AvgIpc) is 2.80. The number of benzene rings is 2. The first kappa shape index (κ1) is 16.0. The summed E-state index contributed by atoms with van der Waals surface area (Å²) in [6.45, 7) is 1.94. The zero-order chi connectivity index (χ0) is 17.2. The lowest BCUT2D eigenvalue weighted by atomic mass is 9.92. The number of hydrogen-bond acceptors (Lipinski definition) is 3. The van der Waals surface area contributed by atoms with Crippen molar-refractivity contribution < 1.29 is 18.7 Å². The van der Waals surface area contributed by atoms with Gasteiger partial charge in [0.1, 0.15) is 23.7 Å². The molecule has 6 heteroatoms. The monoisotopic (exact) mass is 328 g/mol. The molecule has 1 fully saturated rings. The normalized spacial score (nSPS) is 20.2. The predicted octanol–water partition coefficient (Wildman–Crippen LogP) is 2.67. The molecule has 0 aromatic heterocycles. The molecule has 3 rings (SSSR count). The first-order valence-electron chi connectivity index (χ1n) is 7.59. The fraction of sp³-hybridized carbons (Fsp3) is 0.222. The molecule has 24 heavy (non-hydrogen) atoms. The van der Waals surface area contributed by atoms with Gasteiger partial charge in [0.15, 0.2) is 0 Å². The highest BCUT2D eigenvalue weighted by Crippen LogP contribution is 2.28. The molecule has 0 unspecified atom stereocenters. The summed E-state index contributed by atoms with van der Waals surface area (Å²) in [4.78, 5) is 25.9. The van der Waals surface area contributed by atoms with Gasteiger partial charge in [0.2, 0.25) is 0 Å². The van der Waals surface area contributed by atoms with E-state index in [0.29, 0.717) is 11.3 Å². The highest BCUT2D eigenvalue weighted by atomic mass is 19.1. The third kappa shape index (κ3) is 2.95. The Morgan fingerprint density at radius 2 is 1.75 bits per heavy atom. The summed E-state index contributed by atoms with van der Waals surface area (Å²) in [5.74, 6) is -0.103. The van der Waals surface area contributed by atoms with Crippen LogP contribution in [-0.2, 0) is 10.3 Å². The fourth-order valence-electron chi connectivity index (χ4n) is 2.65. The molecule has 3 amide bonds. The van der Waals surface area contributed by atoms with Crippen LogP contribution in [0.25, 0.3) is 0 Å². The Morgan fingerprint density at radius 1 is 1.08 bits per heavy atom. The van der Waals surface area contributed by atoms with Gasteiger partial charge in [0.05, 0.1) is 6.54 Å². The van der Waals surface area contributed by atoms with E-state index in [4.69, 9.17) is 4.74 Å². The Labute approximate surface area is 139 Å². The van der Waals surface area contributed by atoms with E-state index in [1.165, 1.54) is 24.3 Å². The Kier molecular flexibility index (Phi) is 4.20. The quantitative estimate of drug-likeness (QED) is 0.859. The summed E-state index contributed by atoms with van der Waals surface area (Å²) < 4.78 is 18.6. The van der Waals surface area contributed by atoms with Crippen molar-refractivity contribution in [3.8, 4) is 5.75 Å². The number of nitrogens with zero attached hydrogens (tertiary/aromatic N) is 1. The predicted molar refractivity (Wildman–Crippen MR) is 85.9 cm³/mol. The number of carbonyl (C=O) groups is 2. The van der Waals surface area contributed by atoms with Crippen LogP contribution in [0.1, 0.15) is 12.5 Å². The highest BCUT2D eigenvalue weighted by Gasteiger charge is 2.48. The van der Waals surface area contributed by atoms with Crippen LogP contribution >= 0.6 is 0 Å². The van der Waals surface area contributed by atoms with Gasteiger partial charge in [-0.2, -0.15) is 0 Å². The van der Waals surface area contributed by atoms with E-state index in [-0.39, 0.29) is 19.1 Å². The SMILES string of the molecule is C[C@]1(c2ccc(F)cc2)NC(=O)N(CCOc2ccccc2)C1=O. The van der Waals surface area contributed by atoms with Gasteiger partial charge in [-0.15, -0.1) is 0 Å². The van der Waals surface area contributed by atoms with Crippen molar-refractivity contribution in [3.05, 3.63) is 66.0 Å². The summed E-state index contributed by atoms with van der Waals surface area (Å²) in [6, 6.07) is 14.2. The van der Waals surface area contributed by atoms with Crippen molar-refractivity contribution in [2.24, 2.45) is 0 Å². The molecule has 0 aliphatic carbocycles. The summed E-state index contributed by atoms with van der Waals surface area (Å²) in [5, 5.41) is 2.67. The van der Waals surface area contributed by atoms with Crippen LogP contribution < -0.4 is 10.1 Å². The first-order valence-corrected chi connectivity index (χ1v) is 7.59. The zero-order valence-electron chi connectivity index (χ0n) is 13.2. The maximum atomic E-state index is 13.1. The fourth-order valence-corrected chi connectivity index (χ4v) is 2.65. The number of halogens is 1. The molecule has 2 aromatic rings. The van der Waals surface area contributed by atoms with E-state index in [1.54, 1.807) is 19.1 Å². The molecule has 1 saturated heterocycles. The van der Waals surface area contributed by atoms with Crippen molar-refractivity contribution in [2.45, 2.75) is 12.5 Å². The van der Waals surface area contributed by atoms with Crippen LogP contribution in [0.4, 0.5) is 9.18 Å². The smallest absolute Gasteiger partial charge is 0.325 e. The number of carbonyl (C=O) groups excluding carboxylic acids is 2. The van der Waals surface area contributed by atoms with Crippen molar-refractivity contribution in [3.63, 3.8) is 0 Å². The molecule has 1 atom stereocenters. The van der Waals surface area contributed by atoms with Crippen molar-refractivity contribution in [2.75, 3.05) is 13.2 Å². The lowest BCUT2D eigenvalue weighted by Crippen LogP contribution is -2.41. The topological polar surface area (TPSA) is 58.6 Å². The Hall–Kier alpha value is -2.89. The summed E-state index contributed by atoms with van der Waals surface area (Å²) in [7, 11) is 0. The van der Waals surface area contributed by atoms with Gasteiger partial charge in [0, 0.05) is 0 Å². The van der Waals surface area contributed by atoms with Gasteiger partial charge < -0.3 is 10.1 Å². The van der Waals surface area contributed by atoms with E-state index in [1.807, 2.05) is 18.2 Å².